The molecule has 0 unspecified atom stereocenters. The lowest BCUT2D eigenvalue weighted by Crippen LogP contribution is -2.20. The predicted octanol–water partition coefficient (Wildman–Crippen LogP) is 0.455. The molecule has 0 radical (unpaired) electrons. The average molecular weight is 315 g/mol. The Morgan fingerprint density at radius 1 is 1.05 bits per heavy atom. The molecule has 9 nitrogen and oxygen atoms in total. The van der Waals surface area contributed by atoms with Crippen LogP contribution in [-0.4, -0.2) is 41.6 Å². The molecule has 4 rings (SSSR count). The van der Waals surface area contributed by atoms with Gasteiger partial charge in [-0.15, -0.1) is 14.3 Å². The molecule has 0 aliphatic carbocycles. The van der Waals surface area contributed by atoms with Gasteiger partial charge < -0.3 is 0 Å². The molecule has 0 amide bonds. The van der Waals surface area contributed by atoms with Crippen molar-refractivity contribution in [2.24, 2.45) is 0 Å². The van der Waals surface area contributed by atoms with Gasteiger partial charge in [0, 0.05) is 24.7 Å². The Labute approximate surface area is 124 Å². The summed E-state index contributed by atoms with van der Waals surface area (Å²) in [6.07, 6.45) is 5.26. The summed E-state index contributed by atoms with van der Waals surface area (Å²) in [6, 6.07) is 8.90. The van der Waals surface area contributed by atoms with Crippen LogP contribution in [0.4, 0.5) is 0 Å². The molecule has 0 saturated heterocycles. The SMILES string of the molecule is O=S(=O)(n1ccnc1)n1ccc(-n2nnc3ccccc32)n1. The first kappa shape index (κ1) is 12.7. The zero-order chi connectivity index (χ0) is 15.2. The Morgan fingerprint density at radius 3 is 2.73 bits per heavy atom. The minimum absolute atomic E-state index is 0.359. The van der Waals surface area contributed by atoms with E-state index in [-0.39, 0.29) is 0 Å². The van der Waals surface area contributed by atoms with E-state index in [4.69, 9.17) is 0 Å². The number of hydrogen-bond donors (Lipinski definition) is 0. The van der Waals surface area contributed by atoms with E-state index in [1.807, 2.05) is 24.3 Å². The molecule has 10 heteroatoms. The number of aromatic nitrogens is 7. The third-order valence-corrected chi connectivity index (χ3v) is 4.53. The topological polar surface area (TPSA) is 100 Å². The summed E-state index contributed by atoms with van der Waals surface area (Å²) in [4.78, 5) is 3.73. The second-order valence-electron chi connectivity index (χ2n) is 4.44. The molecule has 0 spiro atoms. The van der Waals surface area contributed by atoms with Gasteiger partial charge in [0.1, 0.15) is 11.8 Å². The van der Waals surface area contributed by atoms with E-state index in [2.05, 4.69) is 20.4 Å². The van der Waals surface area contributed by atoms with Crippen molar-refractivity contribution in [3.05, 3.63) is 55.2 Å². The summed E-state index contributed by atoms with van der Waals surface area (Å²) < 4.78 is 28.0. The maximum Gasteiger partial charge on any atom is 0.350 e. The maximum absolute atomic E-state index is 12.3. The number of para-hydroxylation sites is 1. The second kappa shape index (κ2) is 4.49. The zero-order valence-electron chi connectivity index (χ0n) is 11.1. The molecule has 3 aromatic heterocycles. The average Bonchev–Trinajstić information content (AvgIpc) is 3.26. The third-order valence-electron chi connectivity index (χ3n) is 3.10. The summed E-state index contributed by atoms with van der Waals surface area (Å²) in [5.74, 6) is 0.359. The first-order valence-electron chi connectivity index (χ1n) is 6.27. The highest BCUT2D eigenvalue weighted by atomic mass is 32.2. The number of rotatable bonds is 3. The van der Waals surface area contributed by atoms with Gasteiger partial charge in [0.2, 0.25) is 0 Å². The summed E-state index contributed by atoms with van der Waals surface area (Å²) >= 11 is 0. The van der Waals surface area contributed by atoms with E-state index in [0.29, 0.717) is 11.3 Å². The van der Waals surface area contributed by atoms with Crippen molar-refractivity contribution in [1.29, 1.82) is 0 Å². The number of imidazole rings is 1. The number of benzene rings is 1. The second-order valence-corrected chi connectivity index (χ2v) is 6.13. The Balaban J connectivity index is 1.82. The van der Waals surface area contributed by atoms with Gasteiger partial charge in [0.15, 0.2) is 5.82 Å². The monoisotopic (exact) mass is 315 g/mol. The van der Waals surface area contributed by atoms with Crippen LogP contribution >= 0.6 is 0 Å². The van der Waals surface area contributed by atoms with Gasteiger partial charge in [-0.25, -0.2) is 8.96 Å². The Kier molecular flexibility index (Phi) is 2.60. The van der Waals surface area contributed by atoms with Crippen LogP contribution in [0.15, 0.2) is 55.2 Å². The molecule has 4 aromatic rings. The van der Waals surface area contributed by atoms with Crippen molar-refractivity contribution in [2.45, 2.75) is 0 Å². The van der Waals surface area contributed by atoms with Gasteiger partial charge >= 0.3 is 10.2 Å². The summed E-state index contributed by atoms with van der Waals surface area (Å²) in [5, 5.41) is 12.1. The van der Waals surface area contributed by atoms with Crippen molar-refractivity contribution in [3.63, 3.8) is 0 Å². The van der Waals surface area contributed by atoms with Crippen molar-refractivity contribution in [3.8, 4) is 5.82 Å². The number of nitrogens with zero attached hydrogens (tertiary/aromatic N) is 7. The number of fused-ring (bicyclic) bond motifs is 1. The fourth-order valence-electron chi connectivity index (χ4n) is 2.06. The first-order chi connectivity index (χ1) is 10.7. The molecule has 3 heterocycles. The number of hydrogen-bond acceptors (Lipinski definition) is 6. The van der Waals surface area contributed by atoms with E-state index in [1.54, 1.807) is 6.07 Å². The largest absolute Gasteiger partial charge is 0.350 e. The molecular weight excluding hydrogens is 306 g/mol. The van der Waals surface area contributed by atoms with Gasteiger partial charge in [-0.3, -0.25) is 0 Å². The Hall–Kier alpha value is -3.01. The van der Waals surface area contributed by atoms with Crippen LogP contribution < -0.4 is 0 Å². The van der Waals surface area contributed by atoms with Crippen LogP contribution in [0.3, 0.4) is 0 Å². The standard InChI is InChI=1S/C12H9N7O2S/c20-22(21,17-8-6-13-9-17)18-7-5-12(15-18)19-11-4-2-1-3-10(11)14-16-19/h1-9H. The summed E-state index contributed by atoms with van der Waals surface area (Å²) in [5.41, 5.74) is 1.45. The normalized spacial score (nSPS) is 12.0. The van der Waals surface area contributed by atoms with Crippen LogP contribution in [0.1, 0.15) is 0 Å². The fourth-order valence-corrected chi connectivity index (χ4v) is 3.03. The van der Waals surface area contributed by atoms with Gasteiger partial charge in [0.25, 0.3) is 0 Å². The minimum atomic E-state index is -3.82. The van der Waals surface area contributed by atoms with E-state index in [1.165, 1.54) is 29.6 Å². The van der Waals surface area contributed by atoms with Gasteiger partial charge in [-0.05, 0) is 12.1 Å². The van der Waals surface area contributed by atoms with Gasteiger partial charge in [-0.1, -0.05) is 17.3 Å². The smallest absolute Gasteiger partial charge is 0.244 e. The molecule has 110 valence electrons. The molecular formula is C12H9N7O2S. The highest BCUT2D eigenvalue weighted by Crippen LogP contribution is 2.15. The van der Waals surface area contributed by atoms with Crippen LogP contribution in [0.5, 0.6) is 0 Å². The highest BCUT2D eigenvalue weighted by molar-refractivity contribution is 7.88. The molecule has 0 aliphatic rings. The van der Waals surface area contributed by atoms with Crippen molar-refractivity contribution in [1.82, 2.24) is 33.1 Å². The predicted molar refractivity (Wildman–Crippen MR) is 76.6 cm³/mol. The lowest BCUT2D eigenvalue weighted by Gasteiger charge is -2.03. The molecule has 0 atom stereocenters. The fraction of sp³-hybridized carbons (Fsp3) is 0. The lowest BCUT2D eigenvalue weighted by molar-refractivity contribution is 0.569. The molecule has 0 aliphatic heterocycles. The molecule has 0 fully saturated rings. The van der Waals surface area contributed by atoms with E-state index in [0.717, 1.165) is 13.6 Å². The molecule has 0 saturated carbocycles. The van der Waals surface area contributed by atoms with Crippen LogP contribution in [-0.2, 0) is 10.2 Å². The van der Waals surface area contributed by atoms with Crippen molar-refractivity contribution >= 4 is 21.2 Å². The third kappa shape index (κ3) is 1.81. The quantitative estimate of drug-likeness (QED) is 0.544. The highest BCUT2D eigenvalue weighted by Gasteiger charge is 2.18. The van der Waals surface area contributed by atoms with E-state index >= 15 is 0 Å². The first-order valence-corrected chi connectivity index (χ1v) is 7.66. The molecule has 1 aromatic carbocycles. The molecule has 0 N–H and O–H groups in total. The lowest BCUT2D eigenvalue weighted by atomic mass is 10.3. The van der Waals surface area contributed by atoms with E-state index in [9.17, 15) is 8.42 Å². The van der Waals surface area contributed by atoms with Crippen LogP contribution in [0.25, 0.3) is 16.9 Å². The summed E-state index contributed by atoms with van der Waals surface area (Å²) in [6.45, 7) is 0. The van der Waals surface area contributed by atoms with Crippen LogP contribution in [0.2, 0.25) is 0 Å². The van der Waals surface area contributed by atoms with Crippen molar-refractivity contribution in [2.75, 3.05) is 0 Å². The Bertz CT molecular complexity index is 1050. The van der Waals surface area contributed by atoms with Gasteiger partial charge in [-0.2, -0.15) is 13.1 Å². The Morgan fingerprint density at radius 2 is 1.91 bits per heavy atom. The molecule has 22 heavy (non-hydrogen) atoms. The summed E-state index contributed by atoms with van der Waals surface area (Å²) in [7, 11) is -3.82. The van der Waals surface area contributed by atoms with Crippen LogP contribution in [0, 0.1) is 0 Å². The molecule has 0 bridgehead atoms. The van der Waals surface area contributed by atoms with E-state index < -0.39 is 10.2 Å². The zero-order valence-corrected chi connectivity index (χ0v) is 11.9. The minimum Gasteiger partial charge on any atom is -0.244 e. The maximum atomic E-state index is 12.3. The van der Waals surface area contributed by atoms with Gasteiger partial charge in [0.05, 0.1) is 5.52 Å². The van der Waals surface area contributed by atoms with Crippen molar-refractivity contribution < 1.29 is 8.42 Å².